The Hall–Kier alpha value is -3.44. The van der Waals surface area contributed by atoms with Gasteiger partial charge in [-0.05, 0) is 56.7 Å². The van der Waals surface area contributed by atoms with Crippen molar-refractivity contribution in [3.05, 3.63) is 36.0 Å². The van der Waals surface area contributed by atoms with Gasteiger partial charge in [0.2, 0.25) is 17.7 Å². The third-order valence-electron chi connectivity index (χ3n) is 6.11. The fraction of sp³-hybridized carbons (Fsp3) is 0.538. The summed E-state index contributed by atoms with van der Waals surface area (Å²) < 4.78 is 0. The molecule has 0 spiro atoms. The molecule has 3 amide bonds. The Bertz CT molecular complexity index is 1070. The number of nitrogens with one attached hydrogen (secondary N) is 4. The summed E-state index contributed by atoms with van der Waals surface area (Å²) in [6.45, 7) is 5.80. The van der Waals surface area contributed by atoms with Crippen molar-refractivity contribution < 1.29 is 24.3 Å². The Balaban J connectivity index is 2.08. The van der Waals surface area contributed by atoms with E-state index in [1.165, 1.54) is 6.92 Å². The Labute approximate surface area is 217 Å². The number of unbranched alkanes of at least 4 members (excludes halogenated alkanes) is 1. The van der Waals surface area contributed by atoms with Crippen LogP contribution in [-0.4, -0.2) is 64.5 Å². The number of H-pyrrole nitrogens is 1. The number of aliphatic carboxylic acids is 1. The van der Waals surface area contributed by atoms with E-state index in [0.29, 0.717) is 25.8 Å². The van der Waals surface area contributed by atoms with Crippen LogP contribution in [0, 0.1) is 5.92 Å². The van der Waals surface area contributed by atoms with Gasteiger partial charge in [-0.15, -0.1) is 0 Å². The molecule has 0 radical (unpaired) electrons. The van der Waals surface area contributed by atoms with Gasteiger partial charge in [-0.1, -0.05) is 32.0 Å². The predicted octanol–water partition coefficient (Wildman–Crippen LogP) is 0.772. The second-order valence-corrected chi connectivity index (χ2v) is 9.77. The third kappa shape index (κ3) is 9.18. The highest BCUT2D eigenvalue weighted by molar-refractivity contribution is 5.94. The lowest BCUT2D eigenvalue weighted by Crippen LogP contribution is -2.56. The van der Waals surface area contributed by atoms with Gasteiger partial charge in [0.1, 0.15) is 18.1 Å². The van der Waals surface area contributed by atoms with Gasteiger partial charge in [0, 0.05) is 23.5 Å². The number of hydrogen-bond acceptors (Lipinski definition) is 6. The molecule has 0 bridgehead atoms. The highest BCUT2D eigenvalue weighted by Gasteiger charge is 2.29. The first kappa shape index (κ1) is 29.8. The number of hydrogen-bond donors (Lipinski definition) is 7. The van der Waals surface area contributed by atoms with Crippen molar-refractivity contribution in [2.24, 2.45) is 17.4 Å². The molecule has 0 aliphatic rings. The van der Waals surface area contributed by atoms with E-state index in [1.54, 1.807) is 6.20 Å². The fourth-order valence-corrected chi connectivity index (χ4v) is 4.05. The topological polar surface area (TPSA) is 192 Å². The first-order valence-electron chi connectivity index (χ1n) is 12.7. The number of aromatic nitrogens is 1. The lowest BCUT2D eigenvalue weighted by Gasteiger charge is -2.24. The van der Waals surface area contributed by atoms with Crippen LogP contribution in [0.25, 0.3) is 10.9 Å². The molecule has 0 saturated carbocycles. The zero-order valence-corrected chi connectivity index (χ0v) is 21.8. The first-order chi connectivity index (χ1) is 17.5. The normalized spacial score (nSPS) is 14.5. The van der Waals surface area contributed by atoms with Gasteiger partial charge in [0.25, 0.3) is 0 Å². The van der Waals surface area contributed by atoms with Crippen molar-refractivity contribution in [3.63, 3.8) is 0 Å². The molecule has 1 aromatic carbocycles. The summed E-state index contributed by atoms with van der Waals surface area (Å²) in [5.74, 6) is -2.61. The summed E-state index contributed by atoms with van der Waals surface area (Å²) in [6, 6.07) is 3.60. The molecule has 0 fully saturated rings. The monoisotopic (exact) mass is 516 g/mol. The van der Waals surface area contributed by atoms with Gasteiger partial charge in [0.05, 0.1) is 6.04 Å². The maximum Gasteiger partial charge on any atom is 0.326 e. The molecule has 1 heterocycles. The lowest BCUT2D eigenvalue weighted by molar-refractivity contribution is -0.142. The molecule has 1 aromatic heterocycles. The molecule has 0 aliphatic carbocycles. The van der Waals surface area contributed by atoms with Crippen molar-refractivity contribution in [1.29, 1.82) is 0 Å². The van der Waals surface area contributed by atoms with E-state index in [4.69, 9.17) is 11.5 Å². The van der Waals surface area contributed by atoms with Crippen LogP contribution in [0.4, 0.5) is 0 Å². The first-order valence-corrected chi connectivity index (χ1v) is 12.7. The van der Waals surface area contributed by atoms with E-state index < -0.39 is 47.9 Å². The Morgan fingerprint density at radius 3 is 2.27 bits per heavy atom. The Morgan fingerprint density at radius 1 is 0.946 bits per heavy atom. The largest absolute Gasteiger partial charge is 0.480 e. The summed E-state index contributed by atoms with van der Waals surface area (Å²) in [5, 5.41) is 18.4. The number of amides is 3. The highest BCUT2D eigenvalue weighted by atomic mass is 16.4. The summed E-state index contributed by atoms with van der Waals surface area (Å²) in [4.78, 5) is 53.3. The highest BCUT2D eigenvalue weighted by Crippen LogP contribution is 2.19. The fourth-order valence-electron chi connectivity index (χ4n) is 4.05. The van der Waals surface area contributed by atoms with Crippen LogP contribution in [0.15, 0.2) is 30.5 Å². The van der Waals surface area contributed by atoms with Crippen LogP contribution in [0.5, 0.6) is 0 Å². The molecule has 11 nitrogen and oxygen atoms in total. The molecule has 0 saturated heterocycles. The van der Waals surface area contributed by atoms with Crippen molar-refractivity contribution in [3.8, 4) is 0 Å². The summed E-state index contributed by atoms with van der Waals surface area (Å²) >= 11 is 0. The van der Waals surface area contributed by atoms with E-state index in [1.807, 2.05) is 38.1 Å². The number of carboxylic acids is 1. The maximum atomic E-state index is 13.1. The van der Waals surface area contributed by atoms with Gasteiger partial charge >= 0.3 is 5.97 Å². The van der Waals surface area contributed by atoms with Gasteiger partial charge < -0.3 is 37.5 Å². The maximum absolute atomic E-state index is 13.1. The number of rotatable bonds is 15. The number of fused-ring (bicyclic) bond motifs is 1. The summed E-state index contributed by atoms with van der Waals surface area (Å²) in [7, 11) is 0. The average molecular weight is 517 g/mol. The van der Waals surface area contributed by atoms with Crippen molar-refractivity contribution in [1.82, 2.24) is 20.9 Å². The van der Waals surface area contributed by atoms with E-state index in [2.05, 4.69) is 20.9 Å². The van der Waals surface area contributed by atoms with Crippen molar-refractivity contribution >= 4 is 34.6 Å². The number of carbonyl (C=O) groups excluding carboxylic acids is 3. The molecule has 2 rings (SSSR count). The Morgan fingerprint density at radius 2 is 1.62 bits per heavy atom. The second-order valence-electron chi connectivity index (χ2n) is 9.77. The number of carbonyl (C=O) groups is 4. The van der Waals surface area contributed by atoms with Crippen LogP contribution in [0.3, 0.4) is 0 Å². The van der Waals surface area contributed by atoms with E-state index in [0.717, 1.165) is 16.5 Å². The number of benzene rings is 1. The molecule has 0 aliphatic heterocycles. The molecular weight excluding hydrogens is 476 g/mol. The molecule has 9 N–H and O–H groups in total. The smallest absolute Gasteiger partial charge is 0.326 e. The van der Waals surface area contributed by atoms with Gasteiger partial charge in [0.15, 0.2) is 0 Å². The van der Waals surface area contributed by atoms with Crippen LogP contribution < -0.4 is 27.4 Å². The van der Waals surface area contributed by atoms with E-state index >= 15 is 0 Å². The van der Waals surface area contributed by atoms with E-state index in [-0.39, 0.29) is 18.8 Å². The van der Waals surface area contributed by atoms with Crippen LogP contribution in [0.1, 0.15) is 52.0 Å². The SMILES string of the molecule is CC(C)CC(N)C(=O)NC(C)C(=O)NC(CCCCN)C(=O)NC(Cc1c[nH]c2ccccc12)C(=O)O. The zero-order chi connectivity index (χ0) is 27.5. The number of para-hydroxylation sites is 1. The quantitative estimate of drug-likeness (QED) is 0.170. The minimum absolute atomic E-state index is 0.0642. The molecular formula is C26H40N6O5. The third-order valence-corrected chi connectivity index (χ3v) is 6.11. The molecule has 4 atom stereocenters. The second kappa shape index (κ2) is 14.3. The van der Waals surface area contributed by atoms with Gasteiger partial charge in [-0.25, -0.2) is 4.79 Å². The number of carboxylic acid groups (broad SMARTS) is 1. The minimum Gasteiger partial charge on any atom is -0.480 e. The van der Waals surface area contributed by atoms with Gasteiger partial charge in [-0.3, -0.25) is 14.4 Å². The van der Waals surface area contributed by atoms with Crippen molar-refractivity contribution in [2.75, 3.05) is 6.54 Å². The number of aromatic amines is 1. The molecule has 204 valence electrons. The standard InChI is InChI=1S/C26H40N6O5/c1-15(2)12-19(28)24(34)30-16(3)23(33)31-21(10-6-7-11-27)25(35)32-22(26(36)37)13-17-14-29-20-9-5-4-8-18(17)20/h4-5,8-9,14-16,19,21-22,29H,6-7,10-13,27-28H2,1-3H3,(H,30,34)(H,31,33)(H,32,35)(H,36,37). The van der Waals surface area contributed by atoms with Gasteiger partial charge in [-0.2, -0.15) is 0 Å². The van der Waals surface area contributed by atoms with Crippen LogP contribution in [-0.2, 0) is 25.6 Å². The van der Waals surface area contributed by atoms with E-state index in [9.17, 15) is 24.3 Å². The predicted molar refractivity (Wildman–Crippen MR) is 141 cm³/mol. The zero-order valence-electron chi connectivity index (χ0n) is 21.8. The average Bonchev–Trinajstić information content (AvgIpc) is 3.25. The van der Waals surface area contributed by atoms with Crippen LogP contribution >= 0.6 is 0 Å². The molecule has 37 heavy (non-hydrogen) atoms. The lowest BCUT2D eigenvalue weighted by atomic mass is 10.0. The minimum atomic E-state index is -1.20. The van der Waals surface area contributed by atoms with Crippen LogP contribution in [0.2, 0.25) is 0 Å². The Kier molecular flexibility index (Phi) is 11.5. The molecule has 2 aromatic rings. The number of nitrogens with two attached hydrogens (primary N) is 2. The summed E-state index contributed by atoms with van der Waals surface area (Å²) in [5.41, 5.74) is 13.1. The molecule has 4 unspecified atom stereocenters. The summed E-state index contributed by atoms with van der Waals surface area (Å²) in [6.07, 6.45) is 3.71. The van der Waals surface area contributed by atoms with Crippen molar-refractivity contribution in [2.45, 2.75) is 77.0 Å². The molecule has 11 heteroatoms.